The van der Waals surface area contributed by atoms with Gasteiger partial charge in [0.05, 0.1) is 11.2 Å². The van der Waals surface area contributed by atoms with Gasteiger partial charge in [0.15, 0.2) is 0 Å². The zero-order valence-corrected chi connectivity index (χ0v) is 12.3. The highest BCUT2D eigenvalue weighted by Crippen LogP contribution is 2.23. The fraction of sp³-hybridized carbons (Fsp3) is 0.471. The van der Waals surface area contributed by atoms with Crippen LogP contribution in [0.25, 0.3) is 10.9 Å². The van der Waals surface area contributed by atoms with Gasteiger partial charge in [-0.25, -0.2) is 0 Å². The molecule has 3 rings (SSSR count). The molecule has 1 fully saturated rings. The molecule has 0 radical (unpaired) electrons. The number of hydrogen-bond donors (Lipinski definition) is 2. The van der Waals surface area contributed by atoms with Crippen LogP contribution in [-0.2, 0) is 0 Å². The molecule has 1 aliphatic rings. The van der Waals surface area contributed by atoms with E-state index in [1.54, 1.807) is 0 Å². The highest BCUT2D eigenvalue weighted by molar-refractivity contribution is 5.90. The molecule has 0 saturated carbocycles. The average molecular weight is 269 g/mol. The van der Waals surface area contributed by atoms with Crippen LogP contribution in [0.5, 0.6) is 0 Å². The first kappa shape index (κ1) is 13.4. The number of rotatable bonds is 4. The summed E-state index contributed by atoms with van der Waals surface area (Å²) >= 11 is 0. The van der Waals surface area contributed by atoms with Crippen molar-refractivity contribution in [1.29, 1.82) is 0 Å². The Kier molecular flexibility index (Phi) is 3.88. The van der Waals surface area contributed by atoms with Crippen LogP contribution in [0.3, 0.4) is 0 Å². The first-order valence-electron chi connectivity index (χ1n) is 7.58. The van der Waals surface area contributed by atoms with E-state index in [2.05, 4.69) is 52.9 Å². The van der Waals surface area contributed by atoms with E-state index in [9.17, 15) is 0 Å². The predicted molar refractivity (Wildman–Crippen MR) is 85.2 cm³/mol. The fourth-order valence-electron chi connectivity index (χ4n) is 3.07. The van der Waals surface area contributed by atoms with Crippen LogP contribution in [0, 0.1) is 6.92 Å². The summed E-state index contributed by atoms with van der Waals surface area (Å²) in [7, 11) is 0. The van der Waals surface area contributed by atoms with Gasteiger partial charge >= 0.3 is 0 Å². The Morgan fingerprint density at radius 3 is 3.05 bits per heavy atom. The number of aryl methyl sites for hydroxylation is 1. The lowest BCUT2D eigenvalue weighted by Crippen LogP contribution is -2.29. The van der Waals surface area contributed by atoms with Gasteiger partial charge in [-0.3, -0.25) is 4.98 Å². The van der Waals surface area contributed by atoms with Crippen molar-refractivity contribution in [1.82, 2.24) is 10.3 Å². The van der Waals surface area contributed by atoms with Crippen LogP contribution in [0.1, 0.15) is 31.9 Å². The fourth-order valence-corrected chi connectivity index (χ4v) is 3.07. The van der Waals surface area contributed by atoms with Crippen molar-refractivity contribution >= 4 is 16.6 Å². The highest BCUT2D eigenvalue weighted by atomic mass is 15.0. The summed E-state index contributed by atoms with van der Waals surface area (Å²) in [5.41, 5.74) is 3.30. The van der Waals surface area contributed by atoms with Crippen LogP contribution in [-0.4, -0.2) is 23.6 Å². The van der Waals surface area contributed by atoms with Crippen molar-refractivity contribution in [3.8, 4) is 0 Å². The van der Waals surface area contributed by atoms with Gasteiger partial charge in [0.2, 0.25) is 0 Å². The van der Waals surface area contributed by atoms with E-state index in [4.69, 9.17) is 0 Å². The lowest BCUT2D eigenvalue weighted by Gasteiger charge is -2.20. The molecule has 3 nitrogen and oxygen atoms in total. The second-order valence-electron chi connectivity index (χ2n) is 5.90. The number of para-hydroxylation sites is 1. The van der Waals surface area contributed by atoms with Crippen LogP contribution in [0.2, 0.25) is 0 Å². The van der Waals surface area contributed by atoms with Crippen molar-refractivity contribution < 1.29 is 0 Å². The number of pyridine rings is 1. The Balaban J connectivity index is 1.77. The van der Waals surface area contributed by atoms with Gasteiger partial charge in [0.25, 0.3) is 0 Å². The maximum Gasteiger partial charge on any atom is 0.0936 e. The Bertz CT molecular complexity index is 588. The molecule has 3 heteroatoms. The summed E-state index contributed by atoms with van der Waals surface area (Å²) in [6, 6.07) is 11.7. The number of fused-ring (bicyclic) bond motifs is 1. The lowest BCUT2D eigenvalue weighted by molar-refractivity contribution is 0.523. The molecule has 106 valence electrons. The van der Waals surface area contributed by atoms with Crippen molar-refractivity contribution in [3.63, 3.8) is 0 Å². The Morgan fingerprint density at radius 2 is 2.25 bits per heavy atom. The number of nitrogens with zero attached hydrogens (tertiary/aromatic N) is 1. The first-order chi connectivity index (χ1) is 9.72. The van der Waals surface area contributed by atoms with E-state index in [1.807, 2.05) is 6.92 Å². The third kappa shape index (κ3) is 2.93. The van der Waals surface area contributed by atoms with Crippen molar-refractivity contribution in [2.75, 3.05) is 11.9 Å². The van der Waals surface area contributed by atoms with Crippen molar-refractivity contribution in [2.24, 2.45) is 0 Å². The van der Waals surface area contributed by atoms with Gasteiger partial charge in [-0.2, -0.15) is 0 Å². The maximum absolute atomic E-state index is 4.68. The summed E-state index contributed by atoms with van der Waals surface area (Å²) < 4.78 is 0. The monoisotopic (exact) mass is 269 g/mol. The first-order valence-corrected chi connectivity index (χ1v) is 7.58. The topological polar surface area (TPSA) is 37.0 Å². The van der Waals surface area contributed by atoms with Crippen molar-refractivity contribution in [2.45, 2.75) is 45.2 Å². The summed E-state index contributed by atoms with van der Waals surface area (Å²) in [5, 5.41) is 8.40. The molecule has 1 aliphatic heterocycles. The molecule has 2 heterocycles. The van der Waals surface area contributed by atoms with Crippen LogP contribution in [0.15, 0.2) is 30.3 Å². The van der Waals surface area contributed by atoms with E-state index in [-0.39, 0.29) is 0 Å². The van der Waals surface area contributed by atoms with Crippen LogP contribution >= 0.6 is 0 Å². The van der Waals surface area contributed by atoms with E-state index in [0.717, 1.165) is 16.9 Å². The van der Waals surface area contributed by atoms with Gasteiger partial charge in [-0.1, -0.05) is 18.2 Å². The third-order valence-electron chi connectivity index (χ3n) is 4.06. The average Bonchev–Trinajstić information content (AvgIpc) is 2.92. The third-order valence-corrected chi connectivity index (χ3v) is 4.06. The summed E-state index contributed by atoms with van der Waals surface area (Å²) in [5.74, 6) is 0. The molecule has 1 saturated heterocycles. The predicted octanol–water partition coefficient (Wildman–Crippen LogP) is 3.49. The molecule has 2 atom stereocenters. The molecule has 0 bridgehead atoms. The van der Waals surface area contributed by atoms with E-state index >= 15 is 0 Å². The van der Waals surface area contributed by atoms with E-state index < -0.39 is 0 Å². The molecule has 1 aromatic heterocycles. The van der Waals surface area contributed by atoms with Crippen molar-refractivity contribution in [3.05, 3.63) is 36.0 Å². The zero-order chi connectivity index (χ0) is 13.9. The molecular weight excluding hydrogens is 246 g/mol. The normalized spacial score (nSPS) is 20.2. The summed E-state index contributed by atoms with van der Waals surface area (Å²) in [6.07, 6.45) is 3.79. The minimum atomic E-state index is 0.457. The molecule has 1 aromatic carbocycles. The maximum atomic E-state index is 4.68. The van der Waals surface area contributed by atoms with Gasteiger partial charge in [0.1, 0.15) is 0 Å². The molecule has 0 aliphatic carbocycles. The molecule has 20 heavy (non-hydrogen) atoms. The molecule has 2 aromatic rings. The summed E-state index contributed by atoms with van der Waals surface area (Å²) in [4.78, 5) is 4.68. The minimum Gasteiger partial charge on any atom is -0.381 e. The highest BCUT2D eigenvalue weighted by Gasteiger charge is 2.17. The zero-order valence-electron chi connectivity index (χ0n) is 12.3. The second-order valence-corrected chi connectivity index (χ2v) is 5.90. The minimum absolute atomic E-state index is 0.457. The molecule has 2 unspecified atom stereocenters. The quantitative estimate of drug-likeness (QED) is 0.892. The Morgan fingerprint density at radius 1 is 1.35 bits per heavy atom. The van der Waals surface area contributed by atoms with Crippen LogP contribution < -0.4 is 10.6 Å². The molecule has 2 N–H and O–H groups in total. The standard InChI is InChI=1S/C17H23N3/c1-12-8-9-14-5-3-7-16(17(14)20-12)19-13(2)11-15-6-4-10-18-15/h3,5,7-9,13,15,18-19H,4,6,10-11H2,1-2H3. The Hall–Kier alpha value is -1.61. The molecule has 0 spiro atoms. The number of aromatic nitrogens is 1. The van der Waals surface area contributed by atoms with E-state index in [0.29, 0.717) is 12.1 Å². The van der Waals surface area contributed by atoms with Gasteiger partial charge < -0.3 is 10.6 Å². The molecular formula is C17H23N3. The van der Waals surface area contributed by atoms with Gasteiger partial charge in [-0.05, 0) is 51.8 Å². The number of hydrogen-bond acceptors (Lipinski definition) is 3. The number of nitrogens with one attached hydrogen (secondary N) is 2. The number of anilines is 1. The van der Waals surface area contributed by atoms with E-state index in [1.165, 1.54) is 31.2 Å². The number of benzene rings is 1. The summed E-state index contributed by atoms with van der Waals surface area (Å²) in [6.45, 7) is 5.48. The molecule has 0 amide bonds. The van der Waals surface area contributed by atoms with Gasteiger partial charge in [0, 0.05) is 23.2 Å². The smallest absolute Gasteiger partial charge is 0.0936 e. The van der Waals surface area contributed by atoms with Gasteiger partial charge in [-0.15, -0.1) is 0 Å². The van der Waals surface area contributed by atoms with Crippen LogP contribution in [0.4, 0.5) is 5.69 Å². The largest absolute Gasteiger partial charge is 0.381 e. The Labute approximate surface area is 120 Å². The lowest BCUT2D eigenvalue weighted by atomic mass is 10.1. The SMILES string of the molecule is Cc1ccc2cccc(NC(C)CC3CCCN3)c2n1. The second kappa shape index (κ2) is 5.80.